The number of halogens is 3. The maximum atomic E-state index is 4.78. The molecule has 1 aromatic heterocycles. The molecule has 0 atom stereocenters. The van der Waals surface area contributed by atoms with Crippen molar-refractivity contribution in [1.29, 1.82) is 0 Å². The van der Waals surface area contributed by atoms with Crippen LogP contribution >= 0.6 is 37.2 Å². The zero-order chi connectivity index (χ0) is 15.5. The summed E-state index contributed by atoms with van der Waals surface area (Å²) < 4.78 is 0. The molecule has 0 radical (unpaired) electrons. The molecule has 3 heterocycles. The molecule has 1 saturated heterocycles. The van der Waals surface area contributed by atoms with Crippen LogP contribution < -0.4 is 5.32 Å². The predicted octanol–water partition coefficient (Wildman–Crippen LogP) is 4.37. The Labute approximate surface area is 175 Å². The average molecular weight is 417 g/mol. The molecular weight excluding hydrogens is 389 g/mol. The summed E-state index contributed by atoms with van der Waals surface area (Å²) in [5, 5.41) is 3.46. The topological polar surface area (TPSA) is 28.2 Å². The maximum Gasteiger partial charge on any atom is 0.0471 e. The SMILES string of the molecule is Cl.Cl.Cl.c1ccc(CN2CCc3c(ccnc3C3CCNCC3)C2)cc1. The Hall–Kier alpha value is -0.840. The van der Waals surface area contributed by atoms with E-state index in [9.17, 15) is 0 Å². The number of benzene rings is 1. The second-order valence-electron chi connectivity index (χ2n) is 6.80. The first-order chi connectivity index (χ1) is 11.4. The summed E-state index contributed by atoms with van der Waals surface area (Å²) >= 11 is 0. The van der Waals surface area contributed by atoms with Gasteiger partial charge in [0, 0.05) is 37.4 Å². The van der Waals surface area contributed by atoms with E-state index >= 15 is 0 Å². The van der Waals surface area contributed by atoms with Crippen LogP contribution in [-0.4, -0.2) is 29.5 Å². The minimum atomic E-state index is 0. The number of aromatic nitrogens is 1. The molecule has 3 nitrogen and oxygen atoms in total. The third kappa shape index (κ3) is 5.34. The molecule has 4 rings (SSSR count). The number of nitrogens with one attached hydrogen (secondary N) is 1. The van der Waals surface area contributed by atoms with Crippen LogP contribution in [0.15, 0.2) is 42.6 Å². The van der Waals surface area contributed by atoms with E-state index in [2.05, 4.69) is 46.6 Å². The summed E-state index contributed by atoms with van der Waals surface area (Å²) in [5.41, 5.74) is 5.84. The predicted molar refractivity (Wildman–Crippen MR) is 115 cm³/mol. The van der Waals surface area contributed by atoms with Gasteiger partial charge in [-0.05, 0) is 55.1 Å². The van der Waals surface area contributed by atoms with E-state index < -0.39 is 0 Å². The summed E-state index contributed by atoms with van der Waals surface area (Å²) in [6.45, 7) is 5.52. The molecule has 1 fully saturated rings. The monoisotopic (exact) mass is 415 g/mol. The molecule has 1 N–H and O–H groups in total. The second kappa shape index (κ2) is 11.1. The van der Waals surface area contributed by atoms with E-state index in [0.29, 0.717) is 5.92 Å². The van der Waals surface area contributed by atoms with Gasteiger partial charge in [-0.15, -0.1) is 37.2 Å². The molecule has 6 heteroatoms. The largest absolute Gasteiger partial charge is 0.317 e. The summed E-state index contributed by atoms with van der Waals surface area (Å²) in [4.78, 5) is 7.34. The van der Waals surface area contributed by atoms with Crippen LogP contribution in [-0.2, 0) is 19.5 Å². The fraction of sp³-hybridized carbons (Fsp3) is 0.450. The first-order valence-electron chi connectivity index (χ1n) is 8.84. The second-order valence-corrected chi connectivity index (χ2v) is 6.80. The Morgan fingerprint density at radius 1 is 1.00 bits per heavy atom. The van der Waals surface area contributed by atoms with Crippen LogP contribution in [0, 0.1) is 0 Å². The van der Waals surface area contributed by atoms with Gasteiger partial charge in [0.05, 0.1) is 0 Å². The van der Waals surface area contributed by atoms with Crippen molar-refractivity contribution in [3.63, 3.8) is 0 Å². The van der Waals surface area contributed by atoms with Crippen LogP contribution in [0.5, 0.6) is 0 Å². The standard InChI is InChI=1S/C20H25N3.3ClH/c1-2-4-16(5-3-1)14-23-13-9-19-18(15-23)8-12-22-20(19)17-6-10-21-11-7-17;;;/h1-5,8,12,17,21H,6-7,9-11,13-15H2;3*1H. The Kier molecular flexibility index (Phi) is 9.91. The lowest BCUT2D eigenvalue weighted by atomic mass is 9.87. The molecule has 0 saturated carbocycles. The molecule has 0 aliphatic carbocycles. The molecule has 2 aliphatic heterocycles. The van der Waals surface area contributed by atoms with E-state index in [0.717, 1.165) is 39.1 Å². The minimum absolute atomic E-state index is 0. The van der Waals surface area contributed by atoms with Gasteiger partial charge in [-0.2, -0.15) is 0 Å². The van der Waals surface area contributed by atoms with Gasteiger partial charge in [0.1, 0.15) is 0 Å². The van der Waals surface area contributed by atoms with E-state index in [4.69, 9.17) is 4.98 Å². The molecular formula is C20H28Cl3N3. The number of nitrogens with zero attached hydrogens (tertiary/aromatic N) is 2. The van der Waals surface area contributed by atoms with Crippen LogP contribution in [0.3, 0.4) is 0 Å². The van der Waals surface area contributed by atoms with Gasteiger partial charge in [0.15, 0.2) is 0 Å². The van der Waals surface area contributed by atoms with Crippen molar-refractivity contribution in [1.82, 2.24) is 15.2 Å². The Morgan fingerprint density at radius 2 is 1.73 bits per heavy atom. The maximum absolute atomic E-state index is 4.78. The molecule has 144 valence electrons. The third-order valence-electron chi connectivity index (χ3n) is 5.23. The van der Waals surface area contributed by atoms with Gasteiger partial charge in [-0.25, -0.2) is 0 Å². The van der Waals surface area contributed by atoms with Crippen molar-refractivity contribution in [3.05, 3.63) is 65.0 Å². The first kappa shape index (κ1) is 23.2. The fourth-order valence-corrected chi connectivity index (χ4v) is 4.00. The van der Waals surface area contributed by atoms with E-state index in [1.165, 1.54) is 29.7 Å². The van der Waals surface area contributed by atoms with Crippen LogP contribution in [0.1, 0.15) is 41.1 Å². The Balaban J connectivity index is 0.00000113. The third-order valence-corrected chi connectivity index (χ3v) is 5.23. The summed E-state index contributed by atoms with van der Waals surface area (Å²) in [6.07, 6.45) is 5.64. The van der Waals surface area contributed by atoms with Gasteiger partial charge < -0.3 is 5.32 Å². The van der Waals surface area contributed by atoms with E-state index in [1.807, 2.05) is 6.20 Å². The zero-order valence-corrected chi connectivity index (χ0v) is 17.3. The molecule has 2 aromatic rings. The number of piperidine rings is 1. The van der Waals surface area contributed by atoms with Crippen LogP contribution in [0.2, 0.25) is 0 Å². The number of rotatable bonds is 3. The van der Waals surface area contributed by atoms with Crippen molar-refractivity contribution in [3.8, 4) is 0 Å². The smallest absolute Gasteiger partial charge is 0.0471 e. The number of hydrogen-bond donors (Lipinski definition) is 1. The van der Waals surface area contributed by atoms with Gasteiger partial charge in [-0.3, -0.25) is 9.88 Å². The van der Waals surface area contributed by atoms with E-state index in [1.54, 1.807) is 5.56 Å². The van der Waals surface area contributed by atoms with Crippen molar-refractivity contribution in [2.24, 2.45) is 0 Å². The molecule has 2 aliphatic rings. The van der Waals surface area contributed by atoms with Crippen molar-refractivity contribution in [2.45, 2.75) is 38.3 Å². The first-order valence-corrected chi connectivity index (χ1v) is 8.84. The van der Waals surface area contributed by atoms with E-state index in [-0.39, 0.29) is 37.2 Å². The molecule has 0 unspecified atom stereocenters. The lowest BCUT2D eigenvalue weighted by molar-refractivity contribution is 0.244. The molecule has 0 spiro atoms. The van der Waals surface area contributed by atoms with Crippen molar-refractivity contribution >= 4 is 37.2 Å². The average Bonchev–Trinajstić information content (AvgIpc) is 2.63. The quantitative estimate of drug-likeness (QED) is 0.805. The summed E-state index contributed by atoms with van der Waals surface area (Å²) in [5.74, 6) is 0.659. The van der Waals surface area contributed by atoms with Gasteiger partial charge in [0.2, 0.25) is 0 Å². The Bertz CT molecular complexity index is 661. The highest BCUT2D eigenvalue weighted by Crippen LogP contribution is 2.31. The van der Waals surface area contributed by atoms with Crippen LogP contribution in [0.4, 0.5) is 0 Å². The van der Waals surface area contributed by atoms with Gasteiger partial charge in [0.25, 0.3) is 0 Å². The number of fused-ring (bicyclic) bond motifs is 1. The normalized spacial score (nSPS) is 17.2. The van der Waals surface area contributed by atoms with Crippen molar-refractivity contribution in [2.75, 3.05) is 19.6 Å². The lowest BCUT2D eigenvalue weighted by Crippen LogP contribution is -2.32. The van der Waals surface area contributed by atoms with Gasteiger partial charge in [-0.1, -0.05) is 30.3 Å². The number of pyridine rings is 1. The summed E-state index contributed by atoms with van der Waals surface area (Å²) in [6, 6.07) is 13.0. The molecule has 26 heavy (non-hydrogen) atoms. The molecule has 1 aromatic carbocycles. The van der Waals surface area contributed by atoms with Crippen LogP contribution in [0.25, 0.3) is 0 Å². The number of hydrogen-bond acceptors (Lipinski definition) is 3. The van der Waals surface area contributed by atoms with Gasteiger partial charge >= 0.3 is 0 Å². The highest BCUT2D eigenvalue weighted by molar-refractivity contribution is 5.86. The lowest BCUT2D eigenvalue weighted by Gasteiger charge is -2.32. The fourth-order valence-electron chi connectivity index (χ4n) is 4.00. The highest BCUT2D eigenvalue weighted by Gasteiger charge is 2.24. The summed E-state index contributed by atoms with van der Waals surface area (Å²) in [7, 11) is 0. The highest BCUT2D eigenvalue weighted by atomic mass is 35.5. The zero-order valence-electron chi connectivity index (χ0n) is 14.9. The minimum Gasteiger partial charge on any atom is -0.317 e. The molecule has 0 bridgehead atoms. The molecule has 0 amide bonds. The Morgan fingerprint density at radius 3 is 2.46 bits per heavy atom. The van der Waals surface area contributed by atoms with Crippen molar-refractivity contribution < 1.29 is 0 Å².